The molecule has 1 heterocycles. The van der Waals surface area contributed by atoms with Gasteiger partial charge in [-0.3, -0.25) is 4.21 Å². The van der Waals surface area contributed by atoms with E-state index in [1.807, 2.05) is 6.92 Å². The van der Waals surface area contributed by atoms with Crippen molar-refractivity contribution in [3.8, 4) is 11.5 Å². The number of nitrogens with two attached hydrogens (primary N) is 1. The van der Waals surface area contributed by atoms with Crippen molar-refractivity contribution in [1.82, 2.24) is 0 Å². The van der Waals surface area contributed by atoms with Crippen molar-refractivity contribution in [2.45, 2.75) is 17.1 Å². The zero-order valence-corrected chi connectivity index (χ0v) is 9.96. The van der Waals surface area contributed by atoms with E-state index in [-0.39, 0.29) is 5.25 Å². The zero-order chi connectivity index (χ0) is 11.5. The van der Waals surface area contributed by atoms with Gasteiger partial charge in [0.1, 0.15) is 13.2 Å². The molecule has 2 N–H and O–H groups in total. The van der Waals surface area contributed by atoms with Gasteiger partial charge < -0.3 is 15.2 Å². The fourth-order valence-corrected chi connectivity index (χ4v) is 2.53. The van der Waals surface area contributed by atoms with Gasteiger partial charge >= 0.3 is 0 Å². The Labute approximate surface area is 97.2 Å². The highest BCUT2D eigenvalue weighted by molar-refractivity contribution is 7.85. The molecule has 0 fully saturated rings. The van der Waals surface area contributed by atoms with Gasteiger partial charge in [0, 0.05) is 22.8 Å². The summed E-state index contributed by atoms with van der Waals surface area (Å²) in [5.74, 6) is 1.38. The molecule has 2 unspecified atom stereocenters. The van der Waals surface area contributed by atoms with Gasteiger partial charge in [-0.25, -0.2) is 0 Å². The second-order valence-corrected chi connectivity index (χ2v) is 5.52. The highest BCUT2D eigenvalue weighted by Crippen LogP contribution is 2.32. The molecule has 88 valence electrons. The van der Waals surface area contributed by atoms with Crippen molar-refractivity contribution < 1.29 is 13.7 Å². The van der Waals surface area contributed by atoms with Crippen LogP contribution in [0.5, 0.6) is 11.5 Å². The Morgan fingerprint density at radius 3 is 2.75 bits per heavy atom. The molecule has 1 aromatic carbocycles. The van der Waals surface area contributed by atoms with Crippen molar-refractivity contribution in [3.05, 3.63) is 18.2 Å². The van der Waals surface area contributed by atoms with Gasteiger partial charge in [0.15, 0.2) is 11.5 Å². The van der Waals surface area contributed by atoms with Crippen LogP contribution in [0.3, 0.4) is 0 Å². The minimum Gasteiger partial charge on any atom is -0.486 e. The summed E-state index contributed by atoms with van der Waals surface area (Å²) in [6.07, 6.45) is 0. The minimum atomic E-state index is -1.09. The molecule has 16 heavy (non-hydrogen) atoms. The highest BCUT2D eigenvalue weighted by atomic mass is 32.2. The molecule has 0 saturated heterocycles. The number of hydrogen-bond donors (Lipinski definition) is 1. The summed E-state index contributed by atoms with van der Waals surface area (Å²) in [6.45, 7) is 3.37. The highest BCUT2D eigenvalue weighted by Gasteiger charge is 2.16. The van der Waals surface area contributed by atoms with Crippen LogP contribution in [-0.2, 0) is 10.8 Å². The van der Waals surface area contributed by atoms with Gasteiger partial charge in [0.05, 0.1) is 10.8 Å². The van der Waals surface area contributed by atoms with Gasteiger partial charge in [-0.2, -0.15) is 0 Å². The SMILES string of the molecule is CC(CN)S(=O)c1ccc2c(c1)OCCO2. The molecule has 0 saturated carbocycles. The lowest BCUT2D eigenvalue weighted by atomic mass is 10.3. The van der Waals surface area contributed by atoms with Gasteiger partial charge in [-0.1, -0.05) is 0 Å². The van der Waals surface area contributed by atoms with E-state index in [9.17, 15) is 4.21 Å². The molecule has 0 amide bonds. The lowest BCUT2D eigenvalue weighted by molar-refractivity contribution is 0.171. The molecule has 1 aromatic rings. The number of benzene rings is 1. The first-order valence-corrected chi connectivity index (χ1v) is 6.44. The topological polar surface area (TPSA) is 61.6 Å². The second-order valence-electron chi connectivity index (χ2n) is 3.65. The van der Waals surface area contributed by atoms with Crippen LogP contribution in [0, 0.1) is 0 Å². The second kappa shape index (κ2) is 4.84. The Kier molecular flexibility index (Phi) is 3.46. The van der Waals surface area contributed by atoms with E-state index in [0.717, 1.165) is 4.90 Å². The molecule has 1 aliphatic rings. The quantitative estimate of drug-likeness (QED) is 0.854. The minimum absolute atomic E-state index is 0.0532. The van der Waals surface area contributed by atoms with E-state index < -0.39 is 10.8 Å². The molecular formula is C11H15NO3S. The first-order valence-electron chi connectivity index (χ1n) is 5.22. The van der Waals surface area contributed by atoms with Crippen LogP contribution in [-0.4, -0.2) is 29.2 Å². The smallest absolute Gasteiger partial charge is 0.162 e. The normalized spacial score (nSPS) is 17.9. The largest absolute Gasteiger partial charge is 0.486 e. The molecule has 2 rings (SSSR count). The molecular weight excluding hydrogens is 226 g/mol. The average molecular weight is 241 g/mol. The summed E-state index contributed by atoms with van der Waals surface area (Å²) in [5, 5.41) is -0.0532. The molecule has 0 aromatic heterocycles. The Morgan fingerprint density at radius 1 is 1.38 bits per heavy atom. The van der Waals surface area contributed by atoms with E-state index in [2.05, 4.69) is 0 Å². The van der Waals surface area contributed by atoms with E-state index >= 15 is 0 Å². The van der Waals surface area contributed by atoms with Crippen LogP contribution in [0.25, 0.3) is 0 Å². The molecule has 1 aliphatic heterocycles. The van der Waals surface area contributed by atoms with Crippen molar-refractivity contribution in [2.24, 2.45) is 5.73 Å². The van der Waals surface area contributed by atoms with Crippen LogP contribution in [0.4, 0.5) is 0 Å². The van der Waals surface area contributed by atoms with Gasteiger partial charge in [-0.05, 0) is 19.1 Å². The van der Waals surface area contributed by atoms with Crippen LogP contribution < -0.4 is 15.2 Å². The van der Waals surface area contributed by atoms with E-state index in [0.29, 0.717) is 31.3 Å². The molecule has 0 bridgehead atoms. The van der Waals surface area contributed by atoms with Crippen molar-refractivity contribution >= 4 is 10.8 Å². The Balaban J connectivity index is 2.26. The summed E-state index contributed by atoms with van der Waals surface area (Å²) < 4.78 is 22.8. The lowest BCUT2D eigenvalue weighted by Crippen LogP contribution is -2.22. The summed E-state index contributed by atoms with van der Waals surface area (Å²) in [7, 11) is -1.09. The maximum Gasteiger partial charge on any atom is 0.162 e. The number of hydrogen-bond acceptors (Lipinski definition) is 4. The monoisotopic (exact) mass is 241 g/mol. The third-order valence-corrected chi connectivity index (χ3v) is 4.09. The fraction of sp³-hybridized carbons (Fsp3) is 0.455. The summed E-state index contributed by atoms with van der Waals surface area (Å²) in [6, 6.07) is 5.37. The predicted molar refractivity (Wildman–Crippen MR) is 62.4 cm³/mol. The average Bonchev–Trinajstić information content (AvgIpc) is 2.36. The van der Waals surface area contributed by atoms with Crippen LogP contribution in [0.1, 0.15) is 6.92 Å². The van der Waals surface area contributed by atoms with E-state index in [1.165, 1.54) is 0 Å². The first-order chi connectivity index (χ1) is 7.72. The third kappa shape index (κ3) is 2.20. The number of rotatable bonds is 3. The molecule has 0 aliphatic carbocycles. The molecule has 0 spiro atoms. The maximum atomic E-state index is 12.0. The van der Waals surface area contributed by atoms with Crippen molar-refractivity contribution in [3.63, 3.8) is 0 Å². The van der Waals surface area contributed by atoms with Crippen LogP contribution in [0.2, 0.25) is 0 Å². The number of ether oxygens (including phenoxy) is 2. The fourth-order valence-electron chi connectivity index (χ4n) is 1.47. The summed E-state index contributed by atoms with van der Waals surface area (Å²) in [5.41, 5.74) is 5.50. The van der Waals surface area contributed by atoms with Crippen molar-refractivity contribution in [2.75, 3.05) is 19.8 Å². The van der Waals surface area contributed by atoms with E-state index in [4.69, 9.17) is 15.2 Å². The van der Waals surface area contributed by atoms with Gasteiger partial charge in [0.2, 0.25) is 0 Å². The molecule has 4 nitrogen and oxygen atoms in total. The molecule has 0 radical (unpaired) electrons. The molecule has 5 heteroatoms. The number of fused-ring (bicyclic) bond motifs is 1. The van der Waals surface area contributed by atoms with Crippen LogP contribution in [0.15, 0.2) is 23.1 Å². The van der Waals surface area contributed by atoms with Crippen LogP contribution >= 0.6 is 0 Å². The zero-order valence-electron chi connectivity index (χ0n) is 9.14. The first kappa shape index (κ1) is 11.4. The molecule has 2 atom stereocenters. The van der Waals surface area contributed by atoms with E-state index in [1.54, 1.807) is 18.2 Å². The standard InChI is InChI=1S/C11H15NO3S/c1-8(7-12)16(13)9-2-3-10-11(6-9)15-5-4-14-10/h2-3,6,8H,4-5,7,12H2,1H3. The Hall–Kier alpha value is -1.07. The predicted octanol–water partition coefficient (Wildman–Crippen LogP) is 0.913. The lowest BCUT2D eigenvalue weighted by Gasteiger charge is -2.19. The van der Waals surface area contributed by atoms with Crippen molar-refractivity contribution in [1.29, 1.82) is 0 Å². The van der Waals surface area contributed by atoms with Gasteiger partial charge in [0.25, 0.3) is 0 Å². The Morgan fingerprint density at radius 2 is 2.06 bits per heavy atom. The van der Waals surface area contributed by atoms with Gasteiger partial charge in [-0.15, -0.1) is 0 Å². The third-order valence-electron chi connectivity index (χ3n) is 2.44. The summed E-state index contributed by atoms with van der Waals surface area (Å²) >= 11 is 0. The summed E-state index contributed by atoms with van der Waals surface area (Å²) in [4.78, 5) is 0.738. The Bertz CT molecular complexity index is 408. The maximum absolute atomic E-state index is 12.0.